The number of unbranched alkanes of at least 4 members (excludes halogenated alkanes) is 8. The van der Waals surface area contributed by atoms with Crippen molar-refractivity contribution in [2.45, 2.75) is 116 Å². The minimum absolute atomic E-state index is 0.735. The zero-order chi connectivity index (χ0) is 27.1. The molecule has 1 saturated carbocycles. The zero-order valence-corrected chi connectivity index (χ0v) is 24.7. The fourth-order valence-electron chi connectivity index (χ4n) is 6.09. The van der Waals surface area contributed by atoms with Crippen molar-refractivity contribution in [3.8, 4) is 17.6 Å². The minimum Gasteiger partial charge on any atom is -0.494 e. The van der Waals surface area contributed by atoms with Gasteiger partial charge in [0, 0.05) is 11.1 Å². The quantitative estimate of drug-likeness (QED) is 0.151. The van der Waals surface area contributed by atoms with Crippen LogP contribution in [0.5, 0.6) is 5.75 Å². The van der Waals surface area contributed by atoms with Crippen LogP contribution >= 0.6 is 0 Å². The second-order valence-electron chi connectivity index (χ2n) is 11.8. The van der Waals surface area contributed by atoms with Crippen molar-refractivity contribution >= 4 is 10.8 Å². The van der Waals surface area contributed by atoms with Crippen molar-refractivity contribution in [3.05, 3.63) is 77.4 Å². The molecule has 0 bridgehead atoms. The summed E-state index contributed by atoms with van der Waals surface area (Å²) in [6, 6.07) is 22.0. The van der Waals surface area contributed by atoms with E-state index in [2.05, 4.69) is 86.4 Å². The Kier molecular flexibility index (Phi) is 12.3. The van der Waals surface area contributed by atoms with Gasteiger partial charge in [0.1, 0.15) is 5.75 Å². The predicted octanol–water partition coefficient (Wildman–Crippen LogP) is 11.2. The van der Waals surface area contributed by atoms with Crippen molar-refractivity contribution in [2.75, 3.05) is 6.61 Å². The smallest absolute Gasteiger partial charge is 0.119 e. The maximum atomic E-state index is 5.99. The maximum Gasteiger partial charge on any atom is 0.119 e. The van der Waals surface area contributed by atoms with Gasteiger partial charge in [-0.05, 0) is 96.7 Å². The van der Waals surface area contributed by atoms with Crippen LogP contribution in [-0.4, -0.2) is 6.61 Å². The third kappa shape index (κ3) is 9.76. The lowest BCUT2D eigenvalue weighted by Crippen LogP contribution is -2.13. The summed E-state index contributed by atoms with van der Waals surface area (Å²) in [6.45, 7) is 5.35. The largest absolute Gasteiger partial charge is 0.494 e. The molecule has 0 unspecified atom stereocenters. The van der Waals surface area contributed by atoms with E-state index in [4.69, 9.17) is 4.74 Å². The lowest BCUT2D eigenvalue weighted by Gasteiger charge is -2.29. The SMILES string of the molecule is CCCCCCCOc1ccc2cc(C#Cc3ccc([C@H]4CC[C@H](CCCCCCC)CC4)cc3)ccc2c1. The standard InChI is InChI=1S/C38H50O/c1-3-5-7-9-11-13-31-16-21-34(22-17-31)35-23-18-32(19-24-35)14-15-33-20-25-37-30-38(27-26-36(37)29-33)39-28-12-10-8-6-4-2/h18-20,23-27,29-31,34H,3-13,16-17,21-22,28H2,1-2H3/t31-,34-. The van der Waals surface area contributed by atoms with Crippen molar-refractivity contribution in [2.24, 2.45) is 5.92 Å². The molecule has 1 heteroatoms. The van der Waals surface area contributed by atoms with Gasteiger partial charge in [0.15, 0.2) is 0 Å². The molecule has 0 aromatic heterocycles. The molecular formula is C38H50O. The molecule has 1 aliphatic carbocycles. The first-order chi connectivity index (χ1) is 19.2. The van der Waals surface area contributed by atoms with Crippen LogP contribution in [0.4, 0.5) is 0 Å². The first-order valence-electron chi connectivity index (χ1n) is 16.0. The Balaban J connectivity index is 1.24. The Labute approximate surface area is 238 Å². The van der Waals surface area contributed by atoms with Crippen molar-refractivity contribution in [1.29, 1.82) is 0 Å². The molecule has 0 N–H and O–H groups in total. The first kappa shape index (κ1) is 29.3. The third-order valence-corrected chi connectivity index (χ3v) is 8.62. The van der Waals surface area contributed by atoms with Gasteiger partial charge in [-0.15, -0.1) is 0 Å². The van der Waals surface area contributed by atoms with Crippen LogP contribution in [0.15, 0.2) is 60.7 Å². The van der Waals surface area contributed by atoms with Gasteiger partial charge in [0.2, 0.25) is 0 Å². The Morgan fingerprint density at radius 1 is 0.615 bits per heavy atom. The number of hydrogen-bond acceptors (Lipinski definition) is 1. The maximum absolute atomic E-state index is 5.99. The summed E-state index contributed by atoms with van der Waals surface area (Å²) in [6.07, 6.45) is 20.3. The van der Waals surface area contributed by atoms with Gasteiger partial charge in [-0.1, -0.05) is 114 Å². The van der Waals surface area contributed by atoms with Crippen LogP contribution < -0.4 is 4.74 Å². The number of fused-ring (bicyclic) bond motifs is 1. The van der Waals surface area contributed by atoms with Crippen LogP contribution in [0, 0.1) is 17.8 Å². The average molecular weight is 523 g/mol. The summed E-state index contributed by atoms with van der Waals surface area (Å²) >= 11 is 0. The molecule has 1 fully saturated rings. The summed E-state index contributed by atoms with van der Waals surface area (Å²) in [5, 5.41) is 2.42. The number of ether oxygens (including phenoxy) is 1. The van der Waals surface area contributed by atoms with Gasteiger partial charge in [0.05, 0.1) is 6.61 Å². The second kappa shape index (κ2) is 16.4. The molecule has 0 radical (unpaired) electrons. The zero-order valence-electron chi connectivity index (χ0n) is 24.7. The predicted molar refractivity (Wildman–Crippen MR) is 169 cm³/mol. The van der Waals surface area contributed by atoms with Crippen molar-refractivity contribution in [3.63, 3.8) is 0 Å². The van der Waals surface area contributed by atoms with E-state index >= 15 is 0 Å². The molecule has 0 saturated heterocycles. The van der Waals surface area contributed by atoms with E-state index in [1.807, 2.05) is 0 Å². The van der Waals surface area contributed by atoms with Crippen LogP contribution in [0.3, 0.4) is 0 Å². The fraction of sp³-hybridized carbons (Fsp3) is 0.526. The van der Waals surface area contributed by atoms with Gasteiger partial charge < -0.3 is 4.74 Å². The fourth-order valence-corrected chi connectivity index (χ4v) is 6.09. The van der Waals surface area contributed by atoms with Gasteiger partial charge in [-0.2, -0.15) is 0 Å². The van der Waals surface area contributed by atoms with Crippen LogP contribution in [0.25, 0.3) is 10.8 Å². The summed E-state index contributed by atoms with van der Waals surface area (Å²) in [7, 11) is 0. The molecule has 208 valence electrons. The van der Waals surface area contributed by atoms with E-state index in [0.717, 1.165) is 41.7 Å². The van der Waals surface area contributed by atoms with Crippen LogP contribution in [0.1, 0.15) is 133 Å². The van der Waals surface area contributed by atoms with E-state index in [1.165, 1.54) is 106 Å². The van der Waals surface area contributed by atoms with E-state index in [9.17, 15) is 0 Å². The molecule has 1 aliphatic rings. The highest BCUT2D eigenvalue weighted by Gasteiger charge is 2.21. The van der Waals surface area contributed by atoms with Gasteiger partial charge in [0.25, 0.3) is 0 Å². The topological polar surface area (TPSA) is 9.23 Å². The van der Waals surface area contributed by atoms with E-state index in [-0.39, 0.29) is 0 Å². The van der Waals surface area contributed by atoms with Crippen molar-refractivity contribution in [1.82, 2.24) is 0 Å². The molecule has 0 heterocycles. The first-order valence-corrected chi connectivity index (χ1v) is 16.0. The molecule has 0 amide bonds. The molecule has 39 heavy (non-hydrogen) atoms. The Bertz CT molecular complexity index is 1170. The highest BCUT2D eigenvalue weighted by Crippen LogP contribution is 2.37. The second-order valence-corrected chi connectivity index (χ2v) is 11.8. The Hall–Kier alpha value is -2.72. The third-order valence-electron chi connectivity index (χ3n) is 8.62. The summed E-state index contributed by atoms with van der Waals surface area (Å²) in [4.78, 5) is 0. The number of rotatable bonds is 14. The van der Waals surface area contributed by atoms with Crippen molar-refractivity contribution < 1.29 is 4.74 Å². The average Bonchev–Trinajstić information content (AvgIpc) is 2.98. The molecule has 4 rings (SSSR count). The highest BCUT2D eigenvalue weighted by atomic mass is 16.5. The van der Waals surface area contributed by atoms with E-state index in [1.54, 1.807) is 0 Å². The Morgan fingerprint density at radius 3 is 1.97 bits per heavy atom. The summed E-state index contributed by atoms with van der Waals surface area (Å²) in [5.41, 5.74) is 3.66. The molecule has 3 aromatic carbocycles. The lowest BCUT2D eigenvalue weighted by atomic mass is 9.77. The van der Waals surface area contributed by atoms with Gasteiger partial charge >= 0.3 is 0 Å². The van der Waals surface area contributed by atoms with E-state index in [0.29, 0.717) is 0 Å². The number of hydrogen-bond donors (Lipinski definition) is 0. The lowest BCUT2D eigenvalue weighted by molar-refractivity contribution is 0.302. The monoisotopic (exact) mass is 522 g/mol. The van der Waals surface area contributed by atoms with Gasteiger partial charge in [-0.3, -0.25) is 0 Å². The van der Waals surface area contributed by atoms with Crippen LogP contribution in [-0.2, 0) is 0 Å². The number of benzene rings is 3. The Morgan fingerprint density at radius 2 is 1.23 bits per heavy atom. The molecular weight excluding hydrogens is 472 g/mol. The molecule has 0 spiro atoms. The molecule has 3 aromatic rings. The molecule has 0 aliphatic heterocycles. The highest BCUT2D eigenvalue weighted by molar-refractivity contribution is 5.85. The molecule has 0 atom stereocenters. The summed E-state index contributed by atoms with van der Waals surface area (Å²) in [5.74, 6) is 9.44. The minimum atomic E-state index is 0.735. The van der Waals surface area contributed by atoms with Crippen LogP contribution in [0.2, 0.25) is 0 Å². The van der Waals surface area contributed by atoms with Gasteiger partial charge in [-0.25, -0.2) is 0 Å². The summed E-state index contributed by atoms with van der Waals surface area (Å²) < 4.78 is 5.99. The normalized spacial score (nSPS) is 17.1. The van der Waals surface area contributed by atoms with E-state index < -0.39 is 0 Å². The molecule has 1 nitrogen and oxygen atoms in total.